The Morgan fingerprint density at radius 3 is 1.83 bits per heavy atom. The molecule has 0 aliphatic carbocycles. The van der Waals surface area contributed by atoms with Crippen LogP contribution >= 0.6 is 0 Å². The number of sulfone groups is 1. The first-order valence-corrected chi connectivity index (χ1v) is 17.1. The average molecular weight is 590 g/mol. The molecule has 0 bridgehead atoms. The SMILES string of the molecule is C/C=C(\CCCC(C)S(C)(=O)=O)C1=C(c2ccccc2)C(=O)N(c2ccc(F)cc2)C1.CC.CC.CC.CC(C)C. The number of anilines is 1. The van der Waals surface area contributed by atoms with Crippen LogP contribution in [0.25, 0.3) is 5.57 Å². The van der Waals surface area contributed by atoms with Gasteiger partial charge in [-0.1, -0.05) is 98.7 Å². The fourth-order valence-corrected chi connectivity index (χ4v) is 4.43. The number of amides is 1. The summed E-state index contributed by atoms with van der Waals surface area (Å²) >= 11 is 0. The molecule has 0 N–H and O–H groups in total. The van der Waals surface area contributed by atoms with E-state index in [1.165, 1.54) is 18.4 Å². The first-order chi connectivity index (χ1) is 19.5. The average Bonchev–Trinajstić information content (AvgIpc) is 3.31. The second kappa shape index (κ2) is 21.9. The van der Waals surface area contributed by atoms with E-state index in [1.54, 1.807) is 24.0 Å². The number of hydrogen-bond donors (Lipinski definition) is 0. The van der Waals surface area contributed by atoms with Crippen LogP contribution in [0.2, 0.25) is 0 Å². The summed E-state index contributed by atoms with van der Waals surface area (Å²) in [6.07, 6.45) is 5.24. The number of hydrogen-bond acceptors (Lipinski definition) is 3. The molecule has 0 radical (unpaired) electrons. The summed E-state index contributed by atoms with van der Waals surface area (Å²) in [5, 5.41) is -0.394. The summed E-state index contributed by atoms with van der Waals surface area (Å²) in [4.78, 5) is 15.1. The van der Waals surface area contributed by atoms with Crippen molar-refractivity contribution in [3.63, 3.8) is 0 Å². The van der Waals surface area contributed by atoms with Crippen molar-refractivity contribution in [2.75, 3.05) is 17.7 Å². The van der Waals surface area contributed by atoms with Gasteiger partial charge in [0, 0.05) is 11.9 Å². The number of carbonyl (C=O) groups excluding carboxylic acids is 1. The molecule has 1 aliphatic rings. The van der Waals surface area contributed by atoms with Gasteiger partial charge in [-0.2, -0.15) is 0 Å². The molecule has 232 valence electrons. The maximum Gasteiger partial charge on any atom is 0.259 e. The van der Waals surface area contributed by atoms with Crippen LogP contribution in [-0.2, 0) is 14.6 Å². The van der Waals surface area contributed by atoms with Gasteiger partial charge in [0.2, 0.25) is 0 Å². The van der Waals surface area contributed by atoms with Gasteiger partial charge in [0.1, 0.15) is 15.7 Å². The molecule has 2 aromatic carbocycles. The Balaban J connectivity index is 0. The van der Waals surface area contributed by atoms with Crippen LogP contribution in [0, 0.1) is 11.7 Å². The minimum atomic E-state index is -3.06. The summed E-state index contributed by atoms with van der Waals surface area (Å²) in [5.41, 5.74) is 4.12. The molecule has 1 aliphatic heterocycles. The highest BCUT2D eigenvalue weighted by molar-refractivity contribution is 7.91. The third-order valence-electron chi connectivity index (χ3n) is 5.80. The van der Waals surface area contributed by atoms with Crippen LogP contribution in [-0.4, -0.2) is 32.4 Å². The van der Waals surface area contributed by atoms with Crippen molar-refractivity contribution in [1.82, 2.24) is 0 Å². The van der Waals surface area contributed by atoms with E-state index in [4.69, 9.17) is 0 Å². The summed E-state index contributed by atoms with van der Waals surface area (Å²) in [5.74, 6) is 0.373. The van der Waals surface area contributed by atoms with Crippen LogP contribution < -0.4 is 4.90 Å². The molecule has 0 fully saturated rings. The fraction of sp³-hybridized carbons (Fsp3) is 0.514. The summed E-state index contributed by atoms with van der Waals surface area (Å²) in [6.45, 7) is 22.6. The van der Waals surface area contributed by atoms with Gasteiger partial charge >= 0.3 is 0 Å². The lowest BCUT2D eigenvalue weighted by Gasteiger charge is -2.18. The molecule has 41 heavy (non-hydrogen) atoms. The fourth-order valence-electron chi connectivity index (χ4n) is 3.83. The normalized spacial score (nSPS) is 13.6. The number of rotatable bonds is 8. The van der Waals surface area contributed by atoms with Gasteiger partial charge in [-0.15, -0.1) is 0 Å². The van der Waals surface area contributed by atoms with Crippen molar-refractivity contribution < 1.29 is 17.6 Å². The zero-order valence-electron chi connectivity index (χ0n) is 27.7. The van der Waals surface area contributed by atoms with Crippen LogP contribution in [0.4, 0.5) is 10.1 Å². The second-order valence-corrected chi connectivity index (χ2v) is 12.1. The van der Waals surface area contributed by atoms with E-state index in [1.807, 2.05) is 84.9 Å². The lowest BCUT2D eigenvalue weighted by molar-refractivity contribution is -0.112. The Bertz CT molecular complexity index is 1150. The van der Waals surface area contributed by atoms with Crippen molar-refractivity contribution in [3.8, 4) is 0 Å². The third kappa shape index (κ3) is 14.1. The van der Waals surface area contributed by atoms with Gasteiger partial charge in [0.15, 0.2) is 0 Å². The van der Waals surface area contributed by atoms with Crippen LogP contribution in [0.1, 0.15) is 101 Å². The topological polar surface area (TPSA) is 54.5 Å². The molecule has 1 heterocycles. The molecule has 3 rings (SSSR count). The highest BCUT2D eigenvalue weighted by Gasteiger charge is 2.33. The molecule has 6 heteroatoms. The smallest absolute Gasteiger partial charge is 0.259 e. The van der Waals surface area contributed by atoms with Crippen LogP contribution in [0.15, 0.2) is 71.8 Å². The van der Waals surface area contributed by atoms with Gasteiger partial charge in [0.05, 0.1) is 17.4 Å². The molecule has 0 saturated carbocycles. The molecule has 0 spiro atoms. The van der Waals surface area contributed by atoms with E-state index >= 15 is 0 Å². The van der Waals surface area contributed by atoms with E-state index < -0.39 is 15.1 Å². The lowest BCUT2D eigenvalue weighted by atomic mass is 9.93. The lowest BCUT2D eigenvalue weighted by Crippen LogP contribution is -2.26. The predicted molar refractivity (Wildman–Crippen MR) is 179 cm³/mol. The Kier molecular flexibility index (Phi) is 21.6. The standard InChI is InChI=1S/C25H28FNO3S.C4H10.3C2H6/c1-4-19(12-8-9-18(2)31(3,29)30)23-17-27(22-15-13-21(26)14-16-22)25(28)24(23)20-10-6-5-7-11-20;1-4(2)3;3*1-2/h4-7,10-11,13-16,18H,8-9,12,17H2,1-3H3;4H,1-3H3;3*1-2H3/b19-4+;;;;. The number of carbonyl (C=O) groups is 1. The van der Waals surface area contributed by atoms with E-state index in [-0.39, 0.29) is 11.7 Å². The number of allylic oxidation sites excluding steroid dienone is 1. The summed E-state index contributed by atoms with van der Waals surface area (Å²) in [7, 11) is -3.06. The minimum absolute atomic E-state index is 0.114. The Hall–Kier alpha value is -2.73. The first kappa shape index (κ1) is 40.4. The van der Waals surface area contributed by atoms with E-state index in [2.05, 4.69) is 20.8 Å². The van der Waals surface area contributed by atoms with Gasteiger partial charge < -0.3 is 4.90 Å². The Morgan fingerprint density at radius 2 is 1.39 bits per heavy atom. The van der Waals surface area contributed by atoms with Gasteiger partial charge in [-0.3, -0.25) is 4.79 Å². The van der Waals surface area contributed by atoms with Crippen LogP contribution in [0.3, 0.4) is 0 Å². The Labute approximate surface area is 251 Å². The Morgan fingerprint density at radius 1 is 0.902 bits per heavy atom. The van der Waals surface area contributed by atoms with E-state index in [0.717, 1.165) is 22.6 Å². The zero-order chi connectivity index (χ0) is 32.2. The number of nitrogens with zero attached hydrogens (tertiary/aromatic N) is 1. The largest absolute Gasteiger partial charge is 0.304 e. The van der Waals surface area contributed by atoms with Crippen LogP contribution in [0.5, 0.6) is 0 Å². The molecule has 4 nitrogen and oxygen atoms in total. The predicted octanol–water partition coefficient (Wildman–Crippen LogP) is 9.92. The van der Waals surface area contributed by atoms with Crippen molar-refractivity contribution in [2.24, 2.45) is 5.92 Å². The van der Waals surface area contributed by atoms with Gasteiger partial charge in [0.25, 0.3) is 5.91 Å². The molecule has 1 unspecified atom stereocenters. The van der Waals surface area contributed by atoms with Gasteiger partial charge in [-0.05, 0) is 80.0 Å². The molecule has 2 aromatic rings. The molecular weight excluding hydrogens is 533 g/mol. The minimum Gasteiger partial charge on any atom is -0.304 e. The summed E-state index contributed by atoms with van der Waals surface area (Å²) in [6, 6.07) is 15.5. The van der Waals surface area contributed by atoms with Crippen molar-refractivity contribution in [2.45, 2.75) is 101 Å². The highest BCUT2D eigenvalue weighted by atomic mass is 32.2. The first-order valence-electron chi connectivity index (χ1n) is 15.2. The number of halogens is 1. The second-order valence-electron chi connectivity index (χ2n) is 9.67. The number of benzene rings is 2. The van der Waals surface area contributed by atoms with Gasteiger partial charge in [-0.25, -0.2) is 12.8 Å². The maximum atomic E-state index is 13.4. The molecule has 0 aromatic heterocycles. The molecule has 0 saturated heterocycles. The monoisotopic (exact) mass is 589 g/mol. The van der Waals surface area contributed by atoms with Crippen molar-refractivity contribution in [3.05, 3.63) is 83.2 Å². The van der Waals surface area contributed by atoms with E-state index in [0.29, 0.717) is 37.1 Å². The van der Waals surface area contributed by atoms with Crippen molar-refractivity contribution >= 4 is 27.0 Å². The molecule has 1 atom stereocenters. The van der Waals surface area contributed by atoms with Crippen molar-refractivity contribution in [1.29, 1.82) is 0 Å². The zero-order valence-corrected chi connectivity index (χ0v) is 28.5. The quantitative estimate of drug-likeness (QED) is 0.308. The summed E-state index contributed by atoms with van der Waals surface area (Å²) < 4.78 is 36.9. The highest BCUT2D eigenvalue weighted by Crippen LogP contribution is 2.37. The third-order valence-corrected chi connectivity index (χ3v) is 7.50. The maximum absolute atomic E-state index is 13.4. The molecular formula is C35H56FNO3S. The van der Waals surface area contributed by atoms with E-state index in [9.17, 15) is 17.6 Å². The molecule has 1 amide bonds.